The number of amides is 1. The van der Waals surface area contributed by atoms with Gasteiger partial charge in [-0.05, 0) is 38.7 Å². The highest BCUT2D eigenvalue weighted by atomic mass is 19.1. The number of carbonyl (C=O) groups is 1. The number of morpholine rings is 1. The first-order valence-corrected chi connectivity index (χ1v) is 10.9. The fraction of sp³-hybridized carbons (Fsp3) is 0.636. The van der Waals surface area contributed by atoms with Gasteiger partial charge in [0.15, 0.2) is 0 Å². The van der Waals surface area contributed by atoms with Crippen molar-refractivity contribution in [2.45, 2.75) is 57.3 Å². The molecule has 8 heteroatoms. The van der Waals surface area contributed by atoms with Crippen LogP contribution in [0.1, 0.15) is 44.3 Å². The van der Waals surface area contributed by atoms with Crippen molar-refractivity contribution in [1.82, 2.24) is 20.0 Å². The van der Waals surface area contributed by atoms with Gasteiger partial charge in [-0.15, -0.1) is 0 Å². The van der Waals surface area contributed by atoms with Crippen molar-refractivity contribution in [3.63, 3.8) is 0 Å². The fourth-order valence-corrected chi connectivity index (χ4v) is 4.26. The standard InChI is InChI=1S/C22H31FN4O3/c1-15(27(16-8-9-16)22(28)19-14-24-10-13-30-19)20-17-6-5-7-18(23)21(17)26(25-20)11-3-4-12-29-2/h5-7,15-16,19,24H,3-4,8-14H2,1-2H3/t15-,19-/m1/s1. The van der Waals surface area contributed by atoms with Crippen molar-refractivity contribution in [3.8, 4) is 0 Å². The van der Waals surface area contributed by atoms with E-state index in [4.69, 9.17) is 14.6 Å². The van der Waals surface area contributed by atoms with Crippen LogP contribution in [0.15, 0.2) is 18.2 Å². The number of aryl methyl sites for hydroxylation is 1. The van der Waals surface area contributed by atoms with Gasteiger partial charge in [0.1, 0.15) is 17.4 Å². The average Bonchev–Trinajstić information content (AvgIpc) is 3.52. The molecule has 2 aromatic rings. The highest BCUT2D eigenvalue weighted by Crippen LogP contribution is 2.37. The molecule has 1 amide bonds. The lowest BCUT2D eigenvalue weighted by molar-refractivity contribution is -0.148. The Morgan fingerprint density at radius 1 is 1.43 bits per heavy atom. The van der Waals surface area contributed by atoms with Crippen LogP contribution in [0.5, 0.6) is 0 Å². The highest BCUT2D eigenvalue weighted by molar-refractivity contribution is 5.86. The molecule has 1 aromatic heterocycles. The van der Waals surface area contributed by atoms with Crippen LogP contribution < -0.4 is 5.32 Å². The van der Waals surface area contributed by atoms with Gasteiger partial charge in [0, 0.05) is 44.8 Å². The van der Waals surface area contributed by atoms with Gasteiger partial charge in [-0.3, -0.25) is 9.48 Å². The van der Waals surface area contributed by atoms with E-state index < -0.39 is 6.10 Å². The zero-order valence-electron chi connectivity index (χ0n) is 17.8. The Morgan fingerprint density at radius 2 is 2.27 bits per heavy atom. The lowest BCUT2D eigenvalue weighted by Crippen LogP contribution is -2.50. The maximum absolute atomic E-state index is 14.7. The number of carbonyl (C=O) groups excluding carboxylic acids is 1. The number of nitrogens with zero attached hydrogens (tertiary/aromatic N) is 3. The predicted octanol–water partition coefficient (Wildman–Crippen LogP) is 2.64. The quantitative estimate of drug-likeness (QED) is 0.634. The molecule has 1 saturated heterocycles. The van der Waals surface area contributed by atoms with Gasteiger partial charge in [0.05, 0.1) is 18.3 Å². The molecule has 1 N–H and O–H groups in total. The normalized spacial score (nSPS) is 20.4. The number of halogens is 1. The molecule has 7 nitrogen and oxygen atoms in total. The lowest BCUT2D eigenvalue weighted by Gasteiger charge is -2.33. The van der Waals surface area contributed by atoms with Gasteiger partial charge < -0.3 is 19.7 Å². The van der Waals surface area contributed by atoms with E-state index in [0.29, 0.717) is 31.8 Å². The summed E-state index contributed by atoms with van der Waals surface area (Å²) in [6.07, 6.45) is 3.23. The molecule has 30 heavy (non-hydrogen) atoms. The van der Waals surface area contributed by atoms with Crippen LogP contribution >= 0.6 is 0 Å². The Kier molecular flexibility index (Phi) is 6.65. The van der Waals surface area contributed by atoms with Crippen LogP contribution in [0.25, 0.3) is 10.9 Å². The second-order valence-corrected chi connectivity index (χ2v) is 8.16. The Hall–Kier alpha value is -2.03. The summed E-state index contributed by atoms with van der Waals surface area (Å²) in [6, 6.07) is 5.03. The highest BCUT2D eigenvalue weighted by Gasteiger charge is 2.41. The third-order valence-corrected chi connectivity index (χ3v) is 5.93. The molecule has 0 bridgehead atoms. The number of ether oxygens (including phenoxy) is 2. The zero-order valence-corrected chi connectivity index (χ0v) is 17.8. The molecule has 1 aliphatic carbocycles. The van der Waals surface area contributed by atoms with Crippen LogP contribution in [0.2, 0.25) is 0 Å². The number of rotatable bonds is 9. The summed E-state index contributed by atoms with van der Waals surface area (Å²) in [7, 11) is 1.68. The minimum Gasteiger partial charge on any atom is -0.385 e. The van der Waals surface area contributed by atoms with Gasteiger partial charge >= 0.3 is 0 Å². The third-order valence-electron chi connectivity index (χ3n) is 5.93. The summed E-state index contributed by atoms with van der Waals surface area (Å²) in [5.74, 6) is -0.286. The summed E-state index contributed by atoms with van der Waals surface area (Å²) < 4.78 is 27.3. The second kappa shape index (κ2) is 9.41. The minimum absolute atomic E-state index is 0.00334. The molecule has 164 valence electrons. The summed E-state index contributed by atoms with van der Waals surface area (Å²) in [6.45, 7) is 5.10. The lowest BCUT2D eigenvalue weighted by atomic mass is 10.1. The molecule has 2 fully saturated rings. The van der Waals surface area contributed by atoms with Gasteiger partial charge in [0.25, 0.3) is 5.91 Å². The van der Waals surface area contributed by atoms with Crippen molar-refractivity contribution in [1.29, 1.82) is 0 Å². The Morgan fingerprint density at radius 3 is 2.97 bits per heavy atom. The molecule has 4 rings (SSSR count). The maximum Gasteiger partial charge on any atom is 0.253 e. The Labute approximate surface area is 176 Å². The van der Waals surface area contributed by atoms with Crippen LogP contribution in [-0.2, 0) is 20.8 Å². The number of hydrogen-bond acceptors (Lipinski definition) is 5. The molecule has 0 unspecified atom stereocenters. The molecule has 2 aliphatic rings. The van der Waals surface area contributed by atoms with E-state index in [1.807, 2.05) is 17.9 Å². The number of hydrogen-bond donors (Lipinski definition) is 1. The van der Waals surface area contributed by atoms with Gasteiger partial charge in [-0.1, -0.05) is 12.1 Å². The van der Waals surface area contributed by atoms with Crippen molar-refractivity contribution in [3.05, 3.63) is 29.7 Å². The number of aromatic nitrogens is 2. The van der Waals surface area contributed by atoms with E-state index in [-0.39, 0.29) is 23.8 Å². The first kappa shape index (κ1) is 21.2. The van der Waals surface area contributed by atoms with E-state index >= 15 is 0 Å². The fourth-order valence-electron chi connectivity index (χ4n) is 4.26. The van der Waals surface area contributed by atoms with Gasteiger partial charge in [0.2, 0.25) is 0 Å². The van der Waals surface area contributed by atoms with Crippen molar-refractivity contribution < 1.29 is 18.7 Å². The SMILES string of the molecule is COCCCCn1nc([C@@H](C)N(C(=O)[C@H]2CNCCO2)C2CC2)c2cccc(F)c21. The number of benzene rings is 1. The van der Waals surface area contributed by atoms with Crippen LogP contribution in [-0.4, -0.2) is 66.1 Å². The third kappa shape index (κ3) is 4.36. The monoisotopic (exact) mass is 418 g/mol. The maximum atomic E-state index is 14.7. The number of unbranched alkanes of at least 4 members (excludes halogenated alkanes) is 1. The molecule has 2 heterocycles. The van der Waals surface area contributed by atoms with E-state index in [9.17, 15) is 9.18 Å². The molecule has 0 spiro atoms. The Balaban J connectivity index is 1.63. The zero-order chi connectivity index (χ0) is 21.1. The summed E-state index contributed by atoms with van der Waals surface area (Å²) >= 11 is 0. The molecule has 0 radical (unpaired) electrons. The Bertz CT molecular complexity index is 877. The van der Waals surface area contributed by atoms with Crippen molar-refractivity contribution in [2.75, 3.05) is 33.4 Å². The molecular weight excluding hydrogens is 387 g/mol. The van der Waals surface area contributed by atoms with Crippen molar-refractivity contribution in [2.24, 2.45) is 0 Å². The van der Waals surface area contributed by atoms with E-state index in [0.717, 1.165) is 43.3 Å². The van der Waals surface area contributed by atoms with Crippen molar-refractivity contribution >= 4 is 16.8 Å². The number of para-hydroxylation sites is 1. The van der Waals surface area contributed by atoms with E-state index in [1.54, 1.807) is 17.9 Å². The van der Waals surface area contributed by atoms with Crippen LogP contribution in [0.3, 0.4) is 0 Å². The number of methoxy groups -OCH3 is 1. The van der Waals surface area contributed by atoms with Crippen LogP contribution in [0.4, 0.5) is 4.39 Å². The summed E-state index contributed by atoms with van der Waals surface area (Å²) in [5, 5.41) is 8.80. The molecule has 2 atom stereocenters. The van der Waals surface area contributed by atoms with E-state index in [2.05, 4.69) is 5.32 Å². The summed E-state index contributed by atoms with van der Waals surface area (Å²) in [5.41, 5.74) is 1.26. The smallest absolute Gasteiger partial charge is 0.253 e. The topological polar surface area (TPSA) is 68.6 Å². The first-order chi connectivity index (χ1) is 14.6. The predicted molar refractivity (Wildman–Crippen MR) is 112 cm³/mol. The molecule has 1 saturated carbocycles. The second-order valence-electron chi connectivity index (χ2n) is 8.16. The number of fused-ring (bicyclic) bond motifs is 1. The van der Waals surface area contributed by atoms with E-state index in [1.165, 1.54) is 6.07 Å². The molecule has 1 aromatic carbocycles. The molecular formula is C22H31FN4O3. The average molecular weight is 419 g/mol. The van der Waals surface area contributed by atoms with Gasteiger partial charge in [-0.2, -0.15) is 5.10 Å². The first-order valence-electron chi connectivity index (χ1n) is 10.9. The van der Waals surface area contributed by atoms with Crippen LogP contribution in [0, 0.1) is 5.82 Å². The molecule has 1 aliphatic heterocycles. The number of nitrogens with one attached hydrogen (secondary N) is 1. The minimum atomic E-state index is -0.471. The summed E-state index contributed by atoms with van der Waals surface area (Å²) in [4.78, 5) is 15.2. The largest absolute Gasteiger partial charge is 0.385 e. The van der Waals surface area contributed by atoms with Gasteiger partial charge in [-0.25, -0.2) is 4.39 Å².